The van der Waals surface area contributed by atoms with Crippen molar-refractivity contribution >= 4 is 0 Å². The molecule has 0 amide bonds. The van der Waals surface area contributed by atoms with Gasteiger partial charge in [-0.05, 0) is 43.5 Å². The zero-order valence-corrected chi connectivity index (χ0v) is 18.1. The van der Waals surface area contributed by atoms with Gasteiger partial charge in [-0.1, -0.05) is 12.5 Å². The number of aryl methyl sites for hydroxylation is 1. The second kappa shape index (κ2) is 9.54. The monoisotopic (exact) mass is 452 g/mol. The van der Waals surface area contributed by atoms with Gasteiger partial charge in [0.05, 0.1) is 5.56 Å². The molecule has 32 heavy (non-hydrogen) atoms. The van der Waals surface area contributed by atoms with Gasteiger partial charge in [-0.3, -0.25) is 0 Å². The molecule has 2 fully saturated rings. The molecular formula is C23H27F3N2O4. The van der Waals surface area contributed by atoms with E-state index < -0.39 is 11.7 Å². The molecule has 2 aliphatic rings. The summed E-state index contributed by atoms with van der Waals surface area (Å²) in [4.78, 5) is 9.80. The molecule has 0 N–H and O–H groups in total. The van der Waals surface area contributed by atoms with Crippen LogP contribution in [0.3, 0.4) is 0 Å². The summed E-state index contributed by atoms with van der Waals surface area (Å²) in [5, 5.41) is 1.90. The summed E-state index contributed by atoms with van der Waals surface area (Å²) in [7, 11) is 1.57. The molecule has 1 aromatic heterocycles. The number of hydrogen-bond acceptors (Lipinski definition) is 6. The van der Waals surface area contributed by atoms with Crippen LogP contribution in [-0.4, -0.2) is 42.1 Å². The molecule has 0 radical (unpaired) electrons. The number of ether oxygens (including phenoxy) is 3. The highest BCUT2D eigenvalue weighted by molar-refractivity contribution is 5.42. The maximum Gasteiger partial charge on any atom is 0.417 e. The molecule has 1 unspecified atom stereocenters. The molecule has 2 saturated heterocycles. The van der Waals surface area contributed by atoms with E-state index in [1.165, 1.54) is 6.07 Å². The molecule has 2 aromatic rings. The number of hydrogen-bond donors (Lipinski definition) is 0. The first-order valence-corrected chi connectivity index (χ1v) is 10.7. The van der Waals surface area contributed by atoms with E-state index in [1.807, 2.05) is 30.2 Å². The third kappa shape index (κ3) is 5.27. The predicted octanol–water partition coefficient (Wildman–Crippen LogP) is 5.15. The van der Waals surface area contributed by atoms with Crippen LogP contribution in [0, 0.1) is 6.92 Å². The molecule has 1 aromatic carbocycles. The van der Waals surface area contributed by atoms with Crippen LogP contribution in [0.1, 0.15) is 43.2 Å². The Morgan fingerprint density at radius 3 is 2.44 bits per heavy atom. The number of fused-ring (bicyclic) bond motifs is 2. The number of alkyl halides is 3. The number of nitrogens with zero attached hydrogens (tertiary/aromatic N) is 2. The molecule has 0 aliphatic carbocycles. The minimum absolute atomic E-state index is 0.0154. The Morgan fingerprint density at radius 1 is 1.06 bits per heavy atom. The second-order valence-corrected chi connectivity index (χ2v) is 8.28. The van der Waals surface area contributed by atoms with Crippen LogP contribution in [0.25, 0.3) is 0 Å². The van der Waals surface area contributed by atoms with Crippen molar-refractivity contribution in [2.75, 3.05) is 13.9 Å². The van der Waals surface area contributed by atoms with Crippen LogP contribution in [0.15, 0.2) is 36.5 Å². The van der Waals surface area contributed by atoms with Crippen molar-refractivity contribution in [3.63, 3.8) is 0 Å². The highest BCUT2D eigenvalue weighted by atomic mass is 19.4. The lowest BCUT2D eigenvalue weighted by Crippen LogP contribution is -2.55. The number of rotatable bonds is 7. The summed E-state index contributed by atoms with van der Waals surface area (Å²) in [6.45, 7) is 2.12. The first kappa shape index (κ1) is 22.7. The number of pyridine rings is 1. The van der Waals surface area contributed by atoms with Crippen molar-refractivity contribution < 1.29 is 32.2 Å². The van der Waals surface area contributed by atoms with E-state index in [9.17, 15) is 13.2 Å². The summed E-state index contributed by atoms with van der Waals surface area (Å²) in [6, 6.07) is 8.27. The Morgan fingerprint density at radius 2 is 1.81 bits per heavy atom. The van der Waals surface area contributed by atoms with Gasteiger partial charge in [0.2, 0.25) is 5.88 Å². The number of halogens is 3. The fraction of sp³-hybridized carbons (Fsp3) is 0.522. The van der Waals surface area contributed by atoms with Gasteiger partial charge in [0.1, 0.15) is 6.10 Å². The van der Waals surface area contributed by atoms with Gasteiger partial charge in [-0.2, -0.15) is 13.2 Å². The zero-order chi connectivity index (χ0) is 22.7. The fourth-order valence-corrected chi connectivity index (χ4v) is 4.37. The summed E-state index contributed by atoms with van der Waals surface area (Å²) < 4.78 is 55.4. The Labute approximate surface area is 185 Å². The molecule has 9 heteroatoms. The van der Waals surface area contributed by atoms with Gasteiger partial charge in [0.15, 0.2) is 18.3 Å². The first-order chi connectivity index (χ1) is 15.3. The quantitative estimate of drug-likeness (QED) is 0.542. The van der Waals surface area contributed by atoms with Crippen LogP contribution in [0.2, 0.25) is 0 Å². The van der Waals surface area contributed by atoms with Crippen molar-refractivity contribution in [2.24, 2.45) is 0 Å². The number of piperidine rings is 2. The second-order valence-electron chi connectivity index (χ2n) is 8.28. The van der Waals surface area contributed by atoms with Crippen molar-refractivity contribution in [1.29, 1.82) is 0 Å². The lowest BCUT2D eigenvalue weighted by atomic mass is 9.84. The highest BCUT2D eigenvalue weighted by Gasteiger charge is 2.41. The van der Waals surface area contributed by atoms with Crippen LogP contribution in [-0.2, 0) is 10.9 Å². The van der Waals surface area contributed by atoms with Crippen molar-refractivity contribution in [3.05, 3.63) is 47.7 Å². The highest BCUT2D eigenvalue weighted by Crippen LogP contribution is 2.38. The van der Waals surface area contributed by atoms with Gasteiger partial charge >= 0.3 is 6.18 Å². The van der Waals surface area contributed by atoms with Gasteiger partial charge in [0.25, 0.3) is 0 Å². The average molecular weight is 452 g/mol. The van der Waals surface area contributed by atoms with Gasteiger partial charge in [0, 0.05) is 44.3 Å². The summed E-state index contributed by atoms with van der Waals surface area (Å²) in [5.41, 5.74) is 0.273. The Kier molecular flexibility index (Phi) is 6.76. The number of methoxy groups -OCH3 is 1. The topological polar surface area (TPSA) is 53.0 Å². The van der Waals surface area contributed by atoms with Crippen molar-refractivity contribution in [2.45, 2.75) is 63.4 Å². The van der Waals surface area contributed by atoms with Gasteiger partial charge in [-0.15, -0.1) is 5.06 Å². The molecule has 3 heterocycles. The van der Waals surface area contributed by atoms with E-state index in [2.05, 4.69) is 4.98 Å². The SMILES string of the molecule is COCOc1cc(C)ccc1OC1C[C@H]2CCC[C@@H](C1)N2Oc1ccc(C(F)(F)F)cn1. The summed E-state index contributed by atoms with van der Waals surface area (Å²) in [5.74, 6) is 1.49. The maximum absolute atomic E-state index is 12.8. The number of benzene rings is 1. The van der Waals surface area contributed by atoms with E-state index in [1.54, 1.807) is 7.11 Å². The van der Waals surface area contributed by atoms with Crippen LogP contribution < -0.4 is 14.3 Å². The van der Waals surface area contributed by atoms with E-state index >= 15 is 0 Å². The van der Waals surface area contributed by atoms with Gasteiger partial charge < -0.3 is 19.0 Å². The average Bonchev–Trinajstić information content (AvgIpc) is 2.74. The summed E-state index contributed by atoms with van der Waals surface area (Å²) >= 11 is 0. The molecule has 174 valence electrons. The van der Waals surface area contributed by atoms with Crippen molar-refractivity contribution in [3.8, 4) is 17.4 Å². The molecule has 4 rings (SSSR count). The Bertz CT molecular complexity index is 893. The van der Waals surface area contributed by atoms with E-state index in [4.69, 9.17) is 19.0 Å². The third-order valence-corrected chi connectivity index (χ3v) is 5.85. The predicted molar refractivity (Wildman–Crippen MR) is 110 cm³/mol. The zero-order valence-electron chi connectivity index (χ0n) is 18.1. The molecular weight excluding hydrogens is 425 g/mol. The fourth-order valence-electron chi connectivity index (χ4n) is 4.37. The standard InChI is InChI=1S/C23H27F3N2O4/c1-15-6-8-20(21(10-15)30-14-29-2)31-19-11-17-4-3-5-18(12-19)28(17)32-22-9-7-16(13-27-22)23(24,25)26/h6-10,13,17-19H,3-5,11-12,14H2,1-2H3/t17-,18+,19?. The smallest absolute Gasteiger partial charge is 0.417 e. The lowest BCUT2D eigenvalue weighted by Gasteiger charge is -2.46. The molecule has 6 nitrogen and oxygen atoms in total. The summed E-state index contributed by atoms with van der Waals surface area (Å²) in [6.07, 6.45) is 0.798. The van der Waals surface area contributed by atoms with E-state index in [0.29, 0.717) is 11.5 Å². The molecule has 2 aliphatic heterocycles. The Balaban J connectivity index is 1.43. The maximum atomic E-state index is 12.8. The molecule has 0 spiro atoms. The van der Waals surface area contributed by atoms with Crippen molar-refractivity contribution in [1.82, 2.24) is 10.0 Å². The van der Waals surface area contributed by atoms with E-state index in [0.717, 1.165) is 49.9 Å². The minimum Gasteiger partial charge on any atom is -0.486 e. The Hall–Kier alpha value is -2.52. The largest absolute Gasteiger partial charge is 0.486 e. The minimum atomic E-state index is -4.42. The first-order valence-electron chi connectivity index (χ1n) is 10.7. The normalized spacial score (nSPS) is 23.6. The number of aromatic nitrogens is 1. The van der Waals surface area contributed by atoms with E-state index in [-0.39, 0.29) is 30.9 Å². The molecule has 3 atom stereocenters. The molecule has 0 saturated carbocycles. The third-order valence-electron chi connectivity index (χ3n) is 5.85. The van der Waals surface area contributed by atoms with Crippen LogP contribution in [0.5, 0.6) is 17.4 Å². The van der Waals surface area contributed by atoms with Gasteiger partial charge in [-0.25, -0.2) is 4.98 Å². The lowest BCUT2D eigenvalue weighted by molar-refractivity contribution is -0.185. The molecule has 2 bridgehead atoms. The van der Waals surface area contributed by atoms with Crippen LogP contribution >= 0.6 is 0 Å². The number of hydroxylamine groups is 2. The van der Waals surface area contributed by atoms with Crippen LogP contribution in [0.4, 0.5) is 13.2 Å².